The maximum Gasteiger partial charge on any atom is 0.0394 e. The first kappa shape index (κ1) is 4.80. The molecule has 0 aromatic rings. The Hall–Kier alpha value is -0.0400. The highest BCUT2D eigenvalue weighted by Crippen LogP contribution is 2.13. The quantitative estimate of drug-likeness (QED) is 0.461. The molecule has 0 aliphatic carbocycles. The van der Waals surface area contributed by atoms with Gasteiger partial charge in [-0.25, -0.2) is 0 Å². The first-order valence-electron chi connectivity index (χ1n) is 4.08. The zero-order chi connectivity index (χ0) is 6.69. The summed E-state index contributed by atoms with van der Waals surface area (Å²) >= 11 is 0. The predicted molar refractivity (Wildman–Crippen MR) is 35.9 cm³/mol. The normalized spacial score (nSPS) is 34.6. The van der Waals surface area contributed by atoms with Crippen LogP contribution in [0, 0.1) is 0 Å². The fraction of sp³-hybridized carbons (Fsp3) is 1.00. The third-order valence-electron chi connectivity index (χ3n) is 1.94. The van der Waals surface area contributed by atoms with Crippen LogP contribution in [0.5, 0.6) is 0 Å². The molecule has 0 bridgehead atoms. The Morgan fingerprint density at radius 1 is 1.62 bits per heavy atom. The van der Waals surface area contributed by atoms with E-state index in [1.165, 1.54) is 19.3 Å². The molecule has 0 aromatic heterocycles. The molecule has 48 valence electrons. The van der Waals surface area contributed by atoms with Crippen molar-refractivity contribution >= 4 is 0 Å². The van der Waals surface area contributed by atoms with Crippen molar-refractivity contribution in [1.82, 2.24) is 4.90 Å². The number of rotatable bonds is 0. The molecule has 8 heavy (non-hydrogen) atoms. The summed E-state index contributed by atoms with van der Waals surface area (Å²) in [7, 11) is 0.487. The summed E-state index contributed by atoms with van der Waals surface area (Å²) in [5.74, 6) is 0. The molecule has 1 heteroatoms. The summed E-state index contributed by atoms with van der Waals surface area (Å²) in [4.78, 5) is 2.23. The van der Waals surface area contributed by atoms with E-state index in [9.17, 15) is 0 Å². The van der Waals surface area contributed by atoms with Crippen molar-refractivity contribution in [2.75, 3.05) is 13.6 Å². The molecule has 1 aliphatic rings. The number of hydrogen-bond donors (Lipinski definition) is 0. The number of hydrogen-bond acceptors (Lipinski definition) is 1. The predicted octanol–water partition coefficient (Wildman–Crippen LogP) is 1.49. The molecule has 0 spiro atoms. The topological polar surface area (TPSA) is 3.24 Å². The Bertz CT molecular complexity index is 85.0. The van der Waals surface area contributed by atoms with Gasteiger partial charge in [0.25, 0.3) is 0 Å². The fourth-order valence-electron chi connectivity index (χ4n) is 1.16. The van der Waals surface area contributed by atoms with E-state index in [1.54, 1.807) is 0 Å². The van der Waals surface area contributed by atoms with Gasteiger partial charge in [-0.15, -0.1) is 0 Å². The van der Waals surface area contributed by atoms with Gasteiger partial charge in [0.05, 0.1) is 0 Å². The minimum absolute atomic E-state index is 0.487. The van der Waals surface area contributed by atoms with Crippen molar-refractivity contribution in [3.63, 3.8) is 0 Å². The maximum absolute atomic E-state index is 7.15. The Morgan fingerprint density at radius 2 is 2.50 bits per heavy atom. The monoisotopic (exact) mass is 114 g/mol. The van der Waals surface area contributed by atoms with Gasteiger partial charge in [0, 0.05) is 7.41 Å². The van der Waals surface area contributed by atoms with Crippen molar-refractivity contribution in [2.45, 2.75) is 32.2 Å². The Kier molecular flexibility index (Phi) is 1.50. The van der Waals surface area contributed by atoms with Gasteiger partial charge in [0.1, 0.15) is 0 Å². The lowest BCUT2D eigenvalue weighted by Crippen LogP contribution is -2.33. The van der Waals surface area contributed by atoms with Crippen molar-refractivity contribution in [3.05, 3.63) is 0 Å². The molecule has 0 aromatic carbocycles. The van der Waals surface area contributed by atoms with E-state index in [-0.39, 0.29) is 0 Å². The molecule has 0 unspecified atom stereocenters. The van der Waals surface area contributed by atoms with Crippen LogP contribution in [0.2, 0.25) is 0 Å². The van der Waals surface area contributed by atoms with E-state index in [4.69, 9.17) is 1.37 Å². The summed E-state index contributed by atoms with van der Waals surface area (Å²) in [6, 6.07) is 0.663. The van der Waals surface area contributed by atoms with Crippen LogP contribution < -0.4 is 0 Å². The average Bonchev–Trinajstić information content (AvgIpc) is 1.89. The van der Waals surface area contributed by atoms with Crippen LogP contribution in [-0.2, 0) is 0 Å². The molecular weight excluding hydrogens is 98.1 g/mol. The molecule has 1 nitrogen and oxygen atoms in total. The van der Waals surface area contributed by atoms with Crippen LogP contribution in [0.15, 0.2) is 0 Å². The van der Waals surface area contributed by atoms with Gasteiger partial charge in [-0.2, -0.15) is 0 Å². The molecule has 0 amide bonds. The Labute approximate surface area is 53.1 Å². The van der Waals surface area contributed by atoms with Gasteiger partial charge >= 0.3 is 0 Å². The number of nitrogens with zero attached hydrogens (tertiary/aromatic N) is 1. The zero-order valence-electron chi connectivity index (χ0n) is 6.56. The van der Waals surface area contributed by atoms with Crippen LogP contribution in [0.3, 0.4) is 0 Å². The molecule has 0 N–H and O–H groups in total. The zero-order valence-corrected chi connectivity index (χ0v) is 5.56. The van der Waals surface area contributed by atoms with Crippen LogP contribution in [0.1, 0.15) is 27.6 Å². The smallest absolute Gasteiger partial charge is 0.0394 e. The second-order valence-corrected chi connectivity index (χ2v) is 2.66. The average molecular weight is 114 g/mol. The van der Waals surface area contributed by atoms with Crippen molar-refractivity contribution in [3.8, 4) is 0 Å². The molecule has 0 radical (unpaired) electrons. The standard InChI is InChI=1S/C7H15N/c1-7-5-3-4-6-8(7)2/h7H,3-6H2,1-2H3/t7-/m0/s1/i2D. The number of likely N-dealkylation sites (tertiary alicyclic amines) is 1. The second-order valence-electron chi connectivity index (χ2n) is 2.66. The van der Waals surface area contributed by atoms with Gasteiger partial charge in [-0.1, -0.05) is 6.42 Å². The highest BCUT2D eigenvalue weighted by atomic mass is 15.1. The lowest BCUT2D eigenvalue weighted by molar-refractivity contribution is 0.200. The van der Waals surface area contributed by atoms with Crippen molar-refractivity contribution in [1.29, 1.82) is 0 Å². The molecule has 1 atom stereocenters. The third kappa shape index (κ3) is 1.22. The summed E-state index contributed by atoms with van der Waals surface area (Å²) < 4.78 is 7.15. The molecule has 1 saturated heterocycles. The minimum atomic E-state index is 0.487. The molecule has 1 fully saturated rings. The van der Waals surface area contributed by atoms with E-state index in [0.717, 1.165) is 6.54 Å². The lowest BCUT2D eigenvalue weighted by Gasteiger charge is -2.29. The number of piperidine rings is 1. The van der Waals surface area contributed by atoms with Gasteiger partial charge in [-0.05, 0) is 33.3 Å². The molecule has 0 saturated carbocycles. The van der Waals surface area contributed by atoms with Crippen molar-refractivity contribution < 1.29 is 1.37 Å². The van der Waals surface area contributed by atoms with Gasteiger partial charge in [-0.3, -0.25) is 0 Å². The summed E-state index contributed by atoms with van der Waals surface area (Å²) in [6.07, 6.45) is 3.94. The van der Waals surface area contributed by atoms with Gasteiger partial charge < -0.3 is 4.90 Å². The molecule has 1 aliphatic heterocycles. The van der Waals surface area contributed by atoms with Crippen LogP contribution in [0.25, 0.3) is 0 Å². The molecule has 1 heterocycles. The lowest BCUT2D eigenvalue weighted by atomic mass is 10.1. The van der Waals surface area contributed by atoms with E-state index in [1.807, 2.05) is 0 Å². The SMILES string of the molecule is [2H]CN1CCCC[C@@H]1C. The first-order chi connectivity index (χ1) is 4.34. The van der Waals surface area contributed by atoms with E-state index >= 15 is 0 Å². The van der Waals surface area contributed by atoms with E-state index in [2.05, 4.69) is 11.8 Å². The third-order valence-corrected chi connectivity index (χ3v) is 1.94. The summed E-state index contributed by atoms with van der Waals surface area (Å²) in [5.41, 5.74) is 0. The fourth-order valence-corrected chi connectivity index (χ4v) is 1.16. The van der Waals surface area contributed by atoms with Crippen molar-refractivity contribution in [2.24, 2.45) is 0 Å². The highest BCUT2D eigenvalue weighted by molar-refractivity contribution is 4.68. The van der Waals surface area contributed by atoms with E-state index in [0.29, 0.717) is 13.1 Å². The second kappa shape index (κ2) is 2.49. The largest absolute Gasteiger partial charge is 0.304 e. The van der Waals surface area contributed by atoms with Gasteiger partial charge in [0.15, 0.2) is 0 Å². The van der Waals surface area contributed by atoms with Crippen LogP contribution >= 0.6 is 0 Å². The molecule has 1 rings (SSSR count). The Balaban J connectivity index is 2.30. The summed E-state index contributed by atoms with van der Waals surface area (Å²) in [5, 5.41) is 0. The summed E-state index contributed by atoms with van der Waals surface area (Å²) in [6.45, 7) is 3.36. The van der Waals surface area contributed by atoms with Gasteiger partial charge in [0.2, 0.25) is 0 Å². The maximum atomic E-state index is 7.15. The Morgan fingerprint density at radius 3 is 3.00 bits per heavy atom. The highest BCUT2D eigenvalue weighted by Gasteiger charge is 2.12. The van der Waals surface area contributed by atoms with E-state index < -0.39 is 0 Å². The van der Waals surface area contributed by atoms with Crippen LogP contribution in [0.4, 0.5) is 0 Å². The van der Waals surface area contributed by atoms with Crippen LogP contribution in [-0.4, -0.2) is 24.5 Å². The molecular formula is C7H15N. The first-order valence-corrected chi connectivity index (χ1v) is 3.38. The minimum Gasteiger partial charge on any atom is -0.304 e.